The van der Waals surface area contributed by atoms with Crippen molar-refractivity contribution >= 4 is 44.7 Å². The Kier molecular flexibility index (Phi) is 10.2. The number of nitrogens with two attached hydrogens (primary N) is 1. The van der Waals surface area contributed by atoms with Gasteiger partial charge in [-0.2, -0.15) is 18.4 Å². The van der Waals surface area contributed by atoms with Crippen molar-refractivity contribution in [3.8, 4) is 6.07 Å². The number of hydrogen-bond donors (Lipinski definition) is 2. The third kappa shape index (κ3) is 7.91. The molecule has 0 bridgehead atoms. The topological polar surface area (TPSA) is 100.0 Å². The SMILES string of the molecule is CC(C)(C(=O)Cc1cncn1Cc1ccc(C#N)cc1)C(N)N(Cc1ccccc1C(F)(F)F)C(=S)Nc1ccc(Br)cc1. The molecule has 4 rings (SSSR count). The lowest BCUT2D eigenvalue weighted by atomic mass is 9.82. The molecule has 0 aliphatic carbocycles. The van der Waals surface area contributed by atoms with Gasteiger partial charge < -0.3 is 20.5 Å². The van der Waals surface area contributed by atoms with Crippen LogP contribution in [0.5, 0.6) is 0 Å². The first-order valence-corrected chi connectivity index (χ1v) is 14.7. The minimum absolute atomic E-state index is 0.0170. The lowest BCUT2D eigenvalue weighted by Crippen LogP contribution is -2.57. The zero-order valence-corrected chi connectivity index (χ0v) is 26.4. The number of anilines is 1. The second kappa shape index (κ2) is 13.7. The van der Waals surface area contributed by atoms with Crippen LogP contribution in [0.4, 0.5) is 18.9 Å². The number of aromatic nitrogens is 2. The highest BCUT2D eigenvalue weighted by atomic mass is 79.9. The molecule has 0 saturated carbocycles. The first-order valence-electron chi connectivity index (χ1n) is 13.5. The molecule has 228 valence electrons. The summed E-state index contributed by atoms with van der Waals surface area (Å²) in [6, 6.07) is 21.5. The highest BCUT2D eigenvalue weighted by molar-refractivity contribution is 9.10. The highest BCUT2D eigenvalue weighted by Crippen LogP contribution is 2.34. The van der Waals surface area contributed by atoms with Gasteiger partial charge in [-0.05, 0) is 79.7 Å². The van der Waals surface area contributed by atoms with Crippen LogP contribution in [0.3, 0.4) is 0 Å². The number of nitriles is 1. The highest BCUT2D eigenvalue weighted by Gasteiger charge is 2.40. The number of ketones is 1. The molecule has 1 aromatic heterocycles. The Bertz CT molecular complexity index is 1660. The number of alkyl halides is 3. The van der Waals surface area contributed by atoms with Gasteiger partial charge in [0.2, 0.25) is 0 Å². The Morgan fingerprint density at radius 2 is 1.77 bits per heavy atom. The van der Waals surface area contributed by atoms with Crippen LogP contribution in [0.2, 0.25) is 0 Å². The van der Waals surface area contributed by atoms with Crippen LogP contribution in [0.25, 0.3) is 0 Å². The van der Waals surface area contributed by atoms with Crippen molar-refractivity contribution in [1.82, 2.24) is 14.5 Å². The molecule has 0 fully saturated rings. The fraction of sp³-hybridized carbons (Fsp3) is 0.250. The third-order valence-electron chi connectivity index (χ3n) is 7.39. The monoisotopic (exact) mass is 682 g/mol. The normalized spacial score (nSPS) is 12.3. The van der Waals surface area contributed by atoms with Crippen LogP contribution >= 0.6 is 28.1 Å². The summed E-state index contributed by atoms with van der Waals surface area (Å²) in [7, 11) is 0. The number of benzene rings is 3. The summed E-state index contributed by atoms with van der Waals surface area (Å²) >= 11 is 9.06. The predicted octanol–water partition coefficient (Wildman–Crippen LogP) is 6.91. The molecule has 0 saturated heterocycles. The number of carbonyl (C=O) groups is 1. The minimum atomic E-state index is -4.59. The van der Waals surface area contributed by atoms with Gasteiger partial charge in [-0.3, -0.25) is 4.79 Å². The fourth-order valence-electron chi connectivity index (χ4n) is 4.61. The van der Waals surface area contributed by atoms with E-state index in [-0.39, 0.29) is 29.4 Å². The first kappa shape index (κ1) is 32.9. The molecule has 1 unspecified atom stereocenters. The standard InChI is InChI=1S/C32H30BrF3N6OS/c1-31(2,28(43)15-26-17-39-20-41(26)18-22-9-7-21(16-37)8-10-22)29(38)42(30(44)40-25-13-11-24(33)12-14-25)19-23-5-3-4-6-27(23)32(34,35)36/h3-14,17,20,29H,15,18-19,38H2,1-2H3,(H,40,44). The molecule has 0 amide bonds. The van der Waals surface area contributed by atoms with Crippen molar-refractivity contribution in [3.05, 3.63) is 118 Å². The van der Waals surface area contributed by atoms with Gasteiger partial charge in [0.1, 0.15) is 5.78 Å². The lowest BCUT2D eigenvalue weighted by Gasteiger charge is -2.40. The first-order chi connectivity index (χ1) is 20.8. The summed E-state index contributed by atoms with van der Waals surface area (Å²) < 4.78 is 44.4. The molecule has 7 nitrogen and oxygen atoms in total. The van der Waals surface area contributed by atoms with Gasteiger partial charge in [0, 0.05) is 41.6 Å². The molecule has 12 heteroatoms. The number of halogens is 4. The maximum Gasteiger partial charge on any atom is 0.416 e. The number of rotatable bonds is 10. The van der Waals surface area contributed by atoms with Crippen LogP contribution < -0.4 is 11.1 Å². The molecular formula is C32H30BrF3N6OS. The number of carbonyl (C=O) groups excluding carboxylic acids is 1. The van der Waals surface area contributed by atoms with E-state index in [9.17, 15) is 18.0 Å². The quantitative estimate of drug-likeness (QED) is 0.139. The van der Waals surface area contributed by atoms with Gasteiger partial charge in [0.25, 0.3) is 0 Å². The van der Waals surface area contributed by atoms with Crippen molar-refractivity contribution in [2.75, 3.05) is 5.32 Å². The number of imidazole rings is 1. The zero-order chi connectivity index (χ0) is 32.1. The number of nitrogens with one attached hydrogen (secondary N) is 1. The summed E-state index contributed by atoms with van der Waals surface area (Å²) in [5.74, 6) is -0.243. The summed E-state index contributed by atoms with van der Waals surface area (Å²) in [5.41, 5.74) is 7.37. The van der Waals surface area contributed by atoms with Gasteiger partial charge in [0.15, 0.2) is 5.11 Å². The summed E-state index contributed by atoms with van der Waals surface area (Å²) in [6.45, 7) is 3.47. The summed E-state index contributed by atoms with van der Waals surface area (Å²) in [5, 5.41) is 12.2. The molecule has 44 heavy (non-hydrogen) atoms. The predicted molar refractivity (Wildman–Crippen MR) is 170 cm³/mol. The van der Waals surface area contributed by atoms with Crippen LogP contribution in [-0.2, 0) is 30.5 Å². The van der Waals surface area contributed by atoms with E-state index in [1.807, 2.05) is 16.7 Å². The molecule has 0 aliphatic rings. The molecule has 3 aromatic carbocycles. The molecule has 1 atom stereocenters. The Morgan fingerprint density at radius 3 is 2.41 bits per heavy atom. The van der Waals surface area contributed by atoms with E-state index in [0.29, 0.717) is 23.5 Å². The van der Waals surface area contributed by atoms with Gasteiger partial charge in [-0.15, -0.1) is 0 Å². The summed E-state index contributed by atoms with van der Waals surface area (Å²) in [4.78, 5) is 19.5. The maximum atomic E-state index is 13.9. The number of Topliss-reactive ketones (excluding diaryl/α,β-unsaturated/α-hetero) is 1. The van der Waals surface area contributed by atoms with E-state index >= 15 is 0 Å². The van der Waals surface area contributed by atoms with Gasteiger partial charge in [-0.25, -0.2) is 4.98 Å². The number of nitrogens with zero attached hydrogens (tertiary/aromatic N) is 4. The molecule has 0 radical (unpaired) electrons. The number of hydrogen-bond acceptors (Lipinski definition) is 5. The average Bonchev–Trinajstić information content (AvgIpc) is 3.42. The molecule has 0 aliphatic heterocycles. The molecule has 4 aromatic rings. The summed E-state index contributed by atoms with van der Waals surface area (Å²) in [6.07, 6.45) is -2.49. The van der Waals surface area contributed by atoms with E-state index in [4.69, 9.17) is 23.2 Å². The Balaban J connectivity index is 1.60. The second-order valence-corrected chi connectivity index (χ2v) is 12.1. The van der Waals surface area contributed by atoms with Crippen LogP contribution in [-0.4, -0.2) is 31.5 Å². The van der Waals surface area contributed by atoms with Crippen molar-refractivity contribution in [2.24, 2.45) is 11.1 Å². The fourth-order valence-corrected chi connectivity index (χ4v) is 5.17. The van der Waals surface area contributed by atoms with E-state index in [1.165, 1.54) is 23.1 Å². The lowest BCUT2D eigenvalue weighted by molar-refractivity contribution is -0.138. The van der Waals surface area contributed by atoms with Crippen LogP contribution in [0, 0.1) is 16.7 Å². The van der Waals surface area contributed by atoms with Gasteiger partial charge in [0.05, 0.1) is 35.1 Å². The van der Waals surface area contributed by atoms with E-state index in [0.717, 1.165) is 16.1 Å². The molecule has 1 heterocycles. The Hall–Kier alpha value is -4.05. The molecule has 3 N–H and O–H groups in total. The van der Waals surface area contributed by atoms with E-state index in [2.05, 4.69) is 32.3 Å². The van der Waals surface area contributed by atoms with E-state index in [1.54, 1.807) is 62.8 Å². The maximum absolute atomic E-state index is 13.9. The minimum Gasteiger partial charge on any atom is -0.333 e. The van der Waals surface area contributed by atoms with Crippen molar-refractivity contribution < 1.29 is 18.0 Å². The van der Waals surface area contributed by atoms with Crippen molar-refractivity contribution in [2.45, 2.75) is 45.7 Å². The van der Waals surface area contributed by atoms with E-state index < -0.39 is 23.3 Å². The van der Waals surface area contributed by atoms with Crippen LogP contribution in [0.1, 0.15) is 41.8 Å². The molecule has 0 spiro atoms. The van der Waals surface area contributed by atoms with Gasteiger partial charge in [-0.1, -0.05) is 46.3 Å². The Morgan fingerprint density at radius 1 is 1.11 bits per heavy atom. The Labute approximate surface area is 267 Å². The van der Waals surface area contributed by atoms with Crippen LogP contribution in [0.15, 0.2) is 89.8 Å². The second-order valence-electron chi connectivity index (χ2n) is 10.8. The molecular weight excluding hydrogens is 653 g/mol. The zero-order valence-electron chi connectivity index (χ0n) is 24.0. The third-order valence-corrected chi connectivity index (χ3v) is 8.26. The van der Waals surface area contributed by atoms with Crippen molar-refractivity contribution in [3.63, 3.8) is 0 Å². The smallest absolute Gasteiger partial charge is 0.333 e. The van der Waals surface area contributed by atoms with Crippen molar-refractivity contribution in [1.29, 1.82) is 5.26 Å². The average molecular weight is 684 g/mol. The largest absolute Gasteiger partial charge is 0.416 e. The number of thiocarbonyl (C=S) groups is 1. The van der Waals surface area contributed by atoms with Gasteiger partial charge >= 0.3 is 6.18 Å².